The molecule has 0 fully saturated rings. The lowest BCUT2D eigenvalue weighted by Crippen LogP contribution is -1.90. The molecule has 10 heavy (non-hydrogen) atoms. The van der Waals surface area contributed by atoms with Gasteiger partial charge in [0.15, 0.2) is 6.29 Å². The summed E-state index contributed by atoms with van der Waals surface area (Å²) >= 11 is 8.58. The van der Waals surface area contributed by atoms with E-state index < -0.39 is 0 Å². The molecular formula is C5H2BrClN2O. The van der Waals surface area contributed by atoms with Crippen LogP contribution in [0.1, 0.15) is 10.4 Å². The Morgan fingerprint density at radius 3 is 2.80 bits per heavy atom. The molecule has 3 nitrogen and oxygen atoms in total. The monoisotopic (exact) mass is 220 g/mol. The molecule has 0 N–H and O–H groups in total. The number of hydrogen-bond donors (Lipinski definition) is 0. The van der Waals surface area contributed by atoms with Crippen LogP contribution in [0.3, 0.4) is 0 Å². The maximum Gasteiger partial charge on any atom is 0.154 e. The molecule has 0 aliphatic heterocycles. The minimum atomic E-state index is 0.303. The van der Waals surface area contributed by atoms with Crippen molar-refractivity contribution in [3.05, 3.63) is 21.4 Å². The van der Waals surface area contributed by atoms with E-state index in [0.717, 1.165) is 0 Å². The van der Waals surface area contributed by atoms with E-state index in [1.165, 1.54) is 6.20 Å². The molecule has 0 saturated carbocycles. The second-order valence-corrected chi connectivity index (χ2v) is 2.67. The molecule has 0 unspecified atom stereocenters. The van der Waals surface area contributed by atoms with Gasteiger partial charge >= 0.3 is 0 Å². The van der Waals surface area contributed by atoms with Crippen LogP contribution in [0.4, 0.5) is 0 Å². The first kappa shape index (κ1) is 7.63. The highest BCUT2D eigenvalue weighted by Crippen LogP contribution is 2.18. The first-order valence-electron chi connectivity index (χ1n) is 2.37. The van der Waals surface area contributed by atoms with E-state index in [4.69, 9.17) is 11.6 Å². The van der Waals surface area contributed by atoms with Crippen molar-refractivity contribution in [3.8, 4) is 0 Å². The number of aromatic nitrogens is 2. The van der Waals surface area contributed by atoms with Crippen LogP contribution in [-0.2, 0) is 0 Å². The summed E-state index contributed by atoms with van der Waals surface area (Å²) in [6.07, 6.45) is 1.94. The number of rotatable bonds is 1. The van der Waals surface area contributed by atoms with Crippen molar-refractivity contribution >= 4 is 33.8 Å². The largest absolute Gasteiger partial charge is 0.298 e. The lowest BCUT2D eigenvalue weighted by atomic mass is 10.3. The SMILES string of the molecule is O=Cc1c(Cl)cnnc1Br. The van der Waals surface area contributed by atoms with Gasteiger partial charge < -0.3 is 0 Å². The molecule has 1 aromatic heterocycles. The van der Waals surface area contributed by atoms with Crippen molar-refractivity contribution < 1.29 is 4.79 Å². The zero-order valence-electron chi connectivity index (χ0n) is 4.71. The molecule has 1 aromatic rings. The van der Waals surface area contributed by atoms with Crippen LogP contribution in [0.5, 0.6) is 0 Å². The van der Waals surface area contributed by atoms with Gasteiger partial charge in [-0.25, -0.2) is 0 Å². The zero-order chi connectivity index (χ0) is 7.56. The minimum absolute atomic E-state index is 0.303. The molecule has 0 aliphatic carbocycles. The summed E-state index contributed by atoms with van der Waals surface area (Å²) in [6.45, 7) is 0. The van der Waals surface area contributed by atoms with Gasteiger partial charge in [-0.15, -0.1) is 5.10 Å². The molecule has 0 aromatic carbocycles. The van der Waals surface area contributed by atoms with Gasteiger partial charge in [-0.2, -0.15) is 5.10 Å². The second kappa shape index (κ2) is 3.07. The number of carbonyl (C=O) groups is 1. The van der Waals surface area contributed by atoms with E-state index in [2.05, 4.69) is 26.1 Å². The topological polar surface area (TPSA) is 42.9 Å². The Morgan fingerprint density at radius 1 is 1.70 bits per heavy atom. The van der Waals surface area contributed by atoms with Crippen LogP contribution in [0.25, 0.3) is 0 Å². The van der Waals surface area contributed by atoms with Crippen molar-refractivity contribution in [1.82, 2.24) is 10.2 Å². The molecule has 0 radical (unpaired) electrons. The number of carbonyl (C=O) groups excluding carboxylic acids is 1. The van der Waals surface area contributed by atoms with E-state index in [9.17, 15) is 4.79 Å². The fourth-order valence-electron chi connectivity index (χ4n) is 0.457. The molecule has 1 heterocycles. The lowest BCUT2D eigenvalue weighted by molar-refractivity contribution is 0.112. The lowest BCUT2D eigenvalue weighted by Gasteiger charge is -1.93. The summed E-state index contributed by atoms with van der Waals surface area (Å²) in [5, 5.41) is 7.37. The molecule has 0 amide bonds. The molecular weight excluding hydrogens is 219 g/mol. The van der Waals surface area contributed by atoms with Gasteiger partial charge in [-0.05, 0) is 15.9 Å². The standard InChI is InChI=1S/C5H2BrClN2O/c6-5-3(2-10)4(7)1-8-9-5/h1-2H. The predicted octanol–water partition coefficient (Wildman–Crippen LogP) is 1.70. The minimum Gasteiger partial charge on any atom is -0.298 e. The van der Waals surface area contributed by atoms with E-state index in [1.807, 2.05) is 0 Å². The fourth-order valence-corrected chi connectivity index (χ4v) is 1.15. The number of hydrogen-bond acceptors (Lipinski definition) is 3. The highest BCUT2D eigenvalue weighted by molar-refractivity contribution is 9.10. The third-order valence-electron chi connectivity index (χ3n) is 0.914. The Balaban J connectivity index is 3.30. The second-order valence-electron chi connectivity index (χ2n) is 1.51. The number of aldehydes is 1. The Bertz CT molecular complexity index is 246. The van der Waals surface area contributed by atoms with Crippen LogP contribution in [0, 0.1) is 0 Å². The zero-order valence-corrected chi connectivity index (χ0v) is 7.06. The van der Waals surface area contributed by atoms with Gasteiger partial charge in [0, 0.05) is 0 Å². The molecule has 5 heteroatoms. The van der Waals surface area contributed by atoms with Gasteiger partial charge in [0.1, 0.15) is 4.60 Å². The molecule has 0 spiro atoms. The van der Waals surface area contributed by atoms with Crippen molar-refractivity contribution in [2.24, 2.45) is 0 Å². The van der Waals surface area contributed by atoms with Gasteiger partial charge in [-0.3, -0.25) is 4.79 Å². The summed E-state index contributed by atoms with van der Waals surface area (Å²) < 4.78 is 0.370. The summed E-state index contributed by atoms with van der Waals surface area (Å²) in [5.41, 5.74) is 0.330. The Hall–Kier alpha value is -0.480. The summed E-state index contributed by atoms with van der Waals surface area (Å²) in [4.78, 5) is 10.3. The molecule has 0 atom stereocenters. The molecule has 52 valence electrons. The maximum atomic E-state index is 10.3. The molecule has 0 saturated heterocycles. The van der Waals surface area contributed by atoms with Gasteiger partial charge in [0.05, 0.1) is 16.8 Å². The van der Waals surface area contributed by atoms with Gasteiger partial charge in [0.2, 0.25) is 0 Å². The first-order chi connectivity index (χ1) is 4.75. The third-order valence-corrected chi connectivity index (χ3v) is 1.80. The van der Waals surface area contributed by atoms with Crippen LogP contribution in [0.15, 0.2) is 10.8 Å². The van der Waals surface area contributed by atoms with Crippen molar-refractivity contribution in [1.29, 1.82) is 0 Å². The molecule has 1 rings (SSSR count). The van der Waals surface area contributed by atoms with Crippen LogP contribution < -0.4 is 0 Å². The quantitative estimate of drug-likeness (QED) is 0.678. The normalized spacial score (nSPS) is 9.40. The number of nitrogens with zero attached hydrogens (tertiary/aromatic N) is 2. The van der Waals surface area contributed by atoms with Crippen LogP contribution in [-0.4, -0.2) is 16.5 Å². The van der Waals surface area contributed by atoms with E-state index >= 15 is 0 Å². The van der Waals surface area contributed by atoms with E-state index in [0.29, 0.717) is 21.5 Å². The predicted molar refractivity (Wildman–Crippen MR) is 40.1 cm³/mol. The maximum absolute atomic E-state index is 10.3. The fraction of sp³-hybridized carbons (Fsp3) is 0. The van der Waals surface area contributed by atoms with Crippen molar-refractivity contribution in [2.75, 3.05) is 0 Å². The van der Waals surface area contributed by atoms with Crippen LogP contribution >= 0.6 is 27.5 Å². The summed E-state index contributed by atoms with van der Waals surface area (Å²) in [7, 11) is 0. The first-order valence-corrected chi connectivity index (χ1v) is 3.54. The van der Waals surface area contributed by atoms with Crippen molar-refractivity contribution in [3.63, 3.8) is 0 Å². The average Bonchev–Trinajstić information content (AvgIpc) is 1.88. The van der Waals surface area contributed by atoms with Gasteiger partial charge in [0.25, 0.3) is 0 Å². The highest BCUT2D eigenvalue weighted by atomic mass is 79.9. The van der Waals surface area contributed by atoms with E-state index in [1.54, 1.807) is 0 Å². The average molecular weight is 221 g/mol. The summed E-state index contributed by atoms with van der Waals surface area (Å²) in [5.74, 6) is 0. The number of halogens is 2. The Morgan fingerprint density at radius 2 is 2.40 bits per heavy atom. The van der Waals surface area contributed by atoms with Crippen molar-refractivity contribution in [2.45, 2.75) is 0 Å². The van der Waals surface area contributed by atoms with E-state index in [-0.39, 0.29) is 0 Å². The summed E-state index contributed by atoms with van der Waals surface area (Å²) in [6, 6.07) is 0. The highest BCUT2D eigenvalue weighted by Gasteiger charge is 2.03. The van der Waals surface area contributed by atoms with Gasteiger partial charge in [-0.1, -0.05) is 11.6 Å². The smallest absolute Gasteiger partial charge is 0.154 e. The third kappa shape index (κ3) is 1.33. The molecule has 0 aliphatic rings. The van der Waals surface area contributed by atoms with Crippen LogP contribution in [0.2, 0.25) is 5.02 Å². The Kier molecular flexibility index (Phi) is 2.34. The Labute approximate surface area is 70.5 Å². The molecule has 0 bridgehead atoms.